The molecular formula is C13H15ClN2S. The van der Waals surface area contributed by atoms with Crippen molar-refractivity contribution in [1.29, 1.82) is 0 Å². The van der Waals surface area contributed by atoms with Crippen LogP contribution in [0.15, 0.2) is 29.8 Å². The van der Waals surface area contributed by atoms with Gasteiger partial charge in [-0.15, -0.1) is 11.3 Å². The average Bonchev–Trinajstić information content (AvgIpc) is 2.81. The van der Waals surface area contributed by atoms with Crippen LogP contribution in [0.5, 0.6) is 0 Å². The van der Waals surface area contributed by atoms with Crippen molar-refractivity contribution in [3.05, 3.63) is 45.4 Å². The SMILES string of the molecule is CCC(Nc1cnc(Cl)cc1C)c1cccs1. The van der Waals surface area contributed by atoms with Crippen LogP contribution in [0.4, 0.5) is 5.69 Å². The summed E-state index contributed by atoms with van der Waals surface area (Å²) in [5, 5.41) is 6.16. The van der Waals surface area contributed by atoms with Gasteiger partial charge in [-0.3, -0.25) is 0 Å². The molecule has 2 aromatic rings. The predicted molar refractivity (Wildman–Crippen MR) is 75.0 cm³/mol. The van der Waals surface area contributed by atoms with E-state index in [1.807, 2.05) is 13.0 Å². The number of rotatable bonds is 4. The van der Waals surface area contributed by atoms with E-state index in [1.54, 1.807) is 17.5 Å². The van der Waals surface area contributed by atoms with Gasteiger partial charge in [0.15, 0.2) is 0 Å². The highest BCUT2D eigenvalue weighted by atomic mass is 35.5. The van der Waals surface area contributed by atoms with Gasteiger partial charge < -0.3 is 5.32 Å². The number of thiophene rings is 1. The van der Waals surface area contributed by atoms with Crippen molar-refractivity contribution in [1.82, 2.24) is 4.98 Å². The molecule has 0 amide bonds. The molecule has 2 nitrogen and oxygen atoms in total. The maximum Gasteiger partial charge on any atom is 0.129 e. The smallest absolute Gasteiger partial charge is 0.129 e. The van der Waals surface area contributed by atoms with Gasteiger partial charge in [0.1, 0.15) is 5.15 Å². The molecule has 90 valence electrons. The van der Waals surface area contributed by atoms with Crippen LogP contribution >= 0.6 is 22.9 Å². The molecule has 17 heavy (non-hydrogen) atoms. The molecule has 4 heteroatoms. The van der Waals surface area contributed by atoms with E-state index in [4.69, 9.17) is 11.6 Å². The number of pyridine rings is 1. The maximum absolute atomic E-state index is 5.85. The van der Waals surface area contributed by atoms with Crippen LogP contribution in [-0.2, 0) is 0 Å². The van der Waals surface area contributed by atoms with E-state index in [2.05, 4.69) is 34.7 Å². The Bertz CT molecular complexity index is 482. The average molecular weight is 267 g/mol. The number of halogens is 1. The number of anilines is 1. The van der Waals surface area contributed by atoms with Crippen molar-refractivity contribution < 1.29 is 0 Å². The third-order valence-electron chi connectivity index (χ3n) is 2.70. The van der Waals surface area contributed by atoms with Crippen molar-refractivity contribution in [2.45, 2.75) is 26.3 Å². The topological polar surface area (TPSA) is 24.9 Å². The van der Waals surface area contributed by atoms with Crippen LogP contribution < -0.4 is 5.32 Å². The summed E-state index contributed by atoms with van der Waals surface area (Å²) in [6.45, 7) is 4.22. The van der Waals surface area contributed by atoms with Crippen LogP contribution in [0, 0.1) is 6.92 Å². The van der Waals surface area contributed by atoms with Gasteiger partial charge in [-0.25, -0.2) is 4.98 Å². The van der Waals surface area contributed by atoms with E-state index in [0.29, 0.717) is 11.2 Å². The zero-order valence-electron chi connectivity index (χ0n) is 9.90. The van der Waals surface area contributed by atoms with Crippen molar-refractivity contribution >= 4 is 28.6 Å². The van der Waals surface area contributed by atoms with Crippen LogP contribution in [0.2, 0.25) is 5.15 Å². The first-order valence-electron chi connectivity index (χ1n) is 5.62. The first-order chi connectivity index (χ1) is 8.20. The number of nitrogens with zero attached hydrogens (tertiary/aromatic N) is 1. The summed E-state index contributed by atoms with van der Waals surface area (Å²) in [6, 6.07) is 6.46. The second kappa shape index (κ2) is 5.52. The molecule has 1 unspecified atom stereocenters. The third kappa shape index (κ3) is 2.99. The van der Waals surface area contributed by atoms with Crippen LogP contribution in [-0.4, -0.2) is 4.98 Å². The summed E-state index contributed by atoms with van der Waals surface area (Å²) in [5.41, 5.74) is 2.18. The fourth-order valence-corrected chi connectivity index (χ4v) is 2.80. The van der Waals surface area contributed by atoms with Gasteiger partial charge in [0.25, 0.3) is 0 Å². The molecular weight excluding hydrogens is 252 g/mol. The summed E-state index contributed by atoms with van der Waals surface area (Å²) in [5.74, 6) is 0. The zero-order chi connectivity index (χ0) is 12.3. The highest BCUT2D eigenvalue weighted by Gasteiger charge is 2.11. The highest BCUT2D eigenvalue weighted by Crippen LogP contribution is 2.27. The molecule has 1 atom stereocenters. The van der Waals surface area contributed by atoms with Crippen molar-refractivity contribution in [3.8, 4) is 0 Å². The Balaban J connectivity index is 2.19. The molecule has 0 aliphatic rings. The molecule has 0 bridgehead atoms. The molecule has 0 aromatic carbocycles. The molecule has 2 aromatic heterocycles. The number of hydrogen-bond donors (Lipinski definition) is 1. The van der Waals surface area contributed by atoms with Crippen molar-refractivity contribution in [2.24, 2.45) is 0 Å². The minimum absolute atomic E-state index is 0.344. The van der Waals surface area contributed by atoms with E-state index < -0.39 is 0 Å². The van der Waals surface area contributed by atoms with E-state index in [9.17, 15) is 0 Å². The standard InChI is InChI=1S/C13H15ClN2S/c1-3-10(12-5-4-6-17-12)16-11-8-15-13(14)7-9(11)2/h4-8,10,16H,3H2,1-2H3. The second-order valence-electron chi connectivity index (χ2n) is 3.94. The fourth-order valence-electron chi connectivity index (χ4n) is 1.72. The van der Waals surface area contributed by atoms with Gasteiger partial charge in [-0.1, -0.05) is 24.6 Å². The summed E-state index contributed by atoms with van der Waals surface area (Å²) in [7, 11) is 0. The number of aryl methyl sites for hydroxylation is 1. The summed E-state index contributed by atoms with van der Waals surface area (Å²) < 4.78 is 0. The quantitative estimate of drug-likeness (QED) is 0.814. The molecule has 2 heterocycles. The van der Waals surface area contributed by atoms with Gasteiger partial charge >= 0.3 is 0 Å². The molecule has 0 spiro atoms. The lowest BCUT2D eigenvalue weighted by molar-refractivity contribution is 0.762. The number of aromatic nitrogens is 1. The van der Waals surface area contributed by atoms with Crippen LogP contribution in [0.3, 0.4) is 0 Å². The van der Waals surface area contributed by atoms with Gasteiger partial charge in [0.05, 0.1) is 17.9 Å². The Morgan fingerprint density at radius 2 is 2.35 bits per heavy atom. The minimum atomic E-state index is 0.344. The minimum Gasteiger partial charge on any atom is -0.376 e. The van der Waals surface area contributed by atoms with Gasteiger partial charge in [0, 0.05) is 4.88 Å². The molecule has 0 saturated carbocycles. The lowest BCUT2D eigenvalue weighted by Gasteiger charge is -2.18. The molecule has 1 N–H and O–H groups in total. The monoisotopic (exact) mass is 266 g/mol. The normalized spacial score (nSPS) is 12.4. The lowest BCUT2D eigenvalue weighted by atomic mass is 10.1. The Morgan fingerprint density at radius 1 is 1.53 bits per heavy atom. The lowest BCUT2D eigenvalue weighted by Crippen LogP contribution is -2.09. The number of nitrogens with one attached hydrogen (secondary N) is 1. The predicted octanol–water partition coefficient (Wildman–Crippen LogP) is 4.67. The van der Waals surface area contributed by atoms with E-state index in [1.165, 1.54) is 4.88 Å². The van der Waals surface area contributed by atoms with Gasteiger partial charge in [-0.2, -0.15) is 0 Å². The summed E-state index contributed by atoms with van der Waals surface area (Å²) >= 11 is 7.62. The van der Waals surface area contributed by atoms with Gasteiger partial charge in [-0.05, 0) is 36.4 Å². The van der Waals surface area contributed by atoms with E-state index in [-0.39, 0.29) is 0 Å². The van der Waals surface area contributed by atoms with Crippen molar-refractivity contribution in [2.75, 3.05) is 5.32 Å². The molecule has 0 aliphatic heterocycles. The zero-order valence-corrected chi connectivity index (χ0v) is 11.5. The number of hydrogen-bond acceptors (Lipinski definition) is 3. The highest BCUT2D eigenvalue weighted by molar-refractivity contribution is 7.10. The Morgan fingerprint density at radius 3 is 2.94 bits per heavy atom. The molecule has 0 saturated heterocycles. The largest absolute Gasteiger partial charge is 0.376 e. The molecule has 0 fully saturated rings. The maximum atomic E-state index is 5.85. The Hall–Kier alpha value is -1.06. The molecule has 2 rings (SSSR count). The first kappa shape index (κ1) is 12.4. The molecule has 0 aliphatic carbocycles. The second-order valence-corrected chi connectivity index (χ2v) is 5.31. The summed E-state index contributed by atoms with van der Waals surface area (Å²) in [4.78, 5) is 5.46. The first-order valence-corrected chi connectivity index (χ1v) is 6.88. The summed E-state index contributed by atoms with van der Waals surface area (Å²) in [6.07, 6.45) is 2.84. The Kier molecular flexibility index (Phi) is 4.02. The third-order valence-corrected chi connectivity index (χ3v) is 3.89. The fraction of sp³-hybridized carbons (Fsp3) is 0.308. The molecule has 0 radical (unpaired) electrons. The van der Waals surface area contributed by atoms with Crippen molar-refractivity contribution in [3.63, 3.8) is 0 Å². The Labute approximate surface area is 111 Å². The van der Waals surface area contributed by atoms with E-state index >= 15 is 0 Å². The van der Waals surface area contributed by atoms with Crippen LogP contribution in [0.25, 0.3) is 0 Å². The van der Waals surface area contributed by atoms with Gasteiger partial charge in [0.2, 0.25) is 0 Å². The van der Waals surface area contributed by atoms with E-state index in [0.717, 1.165) is 17.7 Å². The van der Waals surface area contributed by atoms with Crippen LogP contribution in [0.1, 0.15) is 29.8 Å².